The van der Waals surface area contributed by atoms with Crippen LogP contribution < -0.4 is 15.2 Å². The Balaban J connectivity index is 0.00000169. The smallest absolute Gasteiger partial charge is 0.252 e. The number of ether oxygens (including phenoxy) is 2. The maximum Gasteiger partial charge on any atom is 0.252 e. The first kappa shape index (κ1) is 12.6. The zero-order chi connectivity index (χ0) is 9.84. The van der Waals surface area contributed by atoms with Crippen molar-refractivity contribution in [2.45, 2.75) is 0 Å². The molecule has 0 bridgehead atoms. The van der Waals surface area contributed by atoms with Crippen LogP contribution in [-0.4, -0.2) is 20.1 Å². The molecule has 1 amide bonds. The molecule has 0 saturated heterocycles. The number of primary amides is 1. The molecule has 0 spiro atoms. The monoisotopic (exact) mass is 217 g/mol. The lowest BCUT2D eigenvalue weighted by Crippen LogP contribution is -2.12. The molecule has 0 unspecified atom stereocenters. The third-order valence-electron chi connectivity index (χ3n) is 1.67. The van der Waals surface area contributed by atoms with Crippen LogP contribution in [0.25, 0.3) is 0 Å². The van der Waals surface area contributed by atoms with Crippen molar-refractivity contribution in [3.05, 3.63) is 23.8 Å². The second-order valence-corrected chi connectivity index (χ2v) is 2.43. The summed E-state index contributed by atoms with van der Waals surface area (Å²) in [6.07, 6.45) is 0. The maximum atomic E-state index is 10.9. The molecule has 0 atom stereocenters. The molecule has 4 nitrogen and oxygen atoms in total. The molecule has 0 aromatic heterocycles. The molecule has 1 aromatic rings. The maximum absolute atomic E-state index is 10.9. The largest absolute Gasteiger partial charge is 0.497 e. The van der Waals surface area contributed by atoms with Gasteiger partial charge in [-0.1, -0.05) is 0 Å². The third kappa shape index (κ3) is 2.53. The predicted molar refractivity (Wildman–Crippen MR) is 55.3 cm³/mol. The minimum absolute atomic E-state index is 0. The summed E-state index contributed by atoms with van der Waals surface area (Å²) in [6.45, 7) is 0. The van der Waals surface area contributed by atoms with Crippen LogP contribution in [0.2, 0.25) is 0 Å². The molecule has 0 saturated carbocycles. The van der Waals surface area contributed by atoms with E-state index in [1.165, 1.54) is 14.2 Å². The van der Waals surface area contributed by atoms with Crippen LogP contribution >= 0.6 is 12.4 Å². The molecule has 5 heteroatoms. The van der Waals surface area contributed by atoms with Crippen molar-refractivity contribution >= 4 is 18.3 Å². The Morgan fingerprint density at radius 2 is 1.93 bits per heavy atom. The lowest BCUT2D eigenvalue weighted by molar-refractivity contribution is 0.0997. The van der Waals surface area contributed by atoms with Gasteiger partial charge in [-0.2, -0.15) is 0 Å². The van der Waals surface area contributed by atoms with Crippen LogP contribution in [0.15, 0.2) is 18.2 Å². The minimum atomic E-state index is -0.532. The van der Waals surface area contributed by atoms with Crippen LogP contribution in [0.1, 0.15) is 10.4 Å². The average Bonchev–Trinajstić information content (AvgIpc) is 2.16. The second kappa shape index (κ2) is 5.34. The summed E-state index contributed by atoms with van der Waals surface area (Å²) in [4.78, 5) is 10.9. The Morgan fingerprint density at radius 3 is 2.36 bits per heavy atom. The average molecular weight is 218 g/mol. The van der Waals surface area contributed by atoms with Gasteiger partial charge in [-0.25, -0.2) is 0 Å². The SMILES string of the molecule is COc1ccc(OC)c(C(N)=O)c1.Cl. The van der Waals surface area contributed by atoms with Crippen molar-refractivity contribution in [2.75, 3.05) is 14.2 Å². The van der Waals surface area contributed by atoms with E-state index in [1.54, 1.807) is 18.2 Å². The van der Waals surface area contributed by atoms with Crippen molar-refractivity contribution in [1.82, 2.24) is 0 Å². The topological polar surface area (TPSA) is 61.6 Å². The van der Waals surface area contributed by atoms with E-state index in [0.29, 0.717) is 17.1 Å². The zero-order valence-corrected chi connectivity index (χ0v) is 8.76. The van der Waals surface area contributed by atoms with Crippen LogP contribution in [0.5, 0.6) is 11.5 Å². The molecule has 1 aromatic carbocycles. The first-order chi connectivity index (χ1) is 6.19. The van der Waals surface area contributed by atoms with Gasteiger partial charge >= 0.3 is 0 Å². The first-order valence-corrected chi connectivity index (χ1v) is 3.71. The van der Waals surface area contributed by atoms with Gasteiger partial charge in [0, 0.05) is 0 Å². The van der Waals surface area contributed by atoms with Crippen LogP contribution in [0.4, 0.5) is 0 Å². The van der Waals surface area contributed by atoms with Crippen molar-refractivity contribution in [3.63, 3.8) is 0 Å². The summed E-state index contributed by atoms with van der Waals surface area (Å²) < 4.78 is 9.89. The van der Waals surface area contributed by atoms with Crippen molar-refractivity contribution in [3.8, 4) is 11.5 Å². The number of hydrogen-bond donors (Lipinski definition) is 1. The van der Waals surface area contributed by atoms with Gasteiger partial charge in [0.05, 0.1) is 19.8 Å². The fourth-order valence-corrected chi connectivity index (χ4v) is 1.01. The molecule has 0 aliphatic rings. The van der Waals surface area contributed by atoms with Gasteiger partial charge in [-0.15, -0.1) is 12.4 Å². The van der Waals surface area contributed by atoms with Gasteiger partial charge in [0.25, 0.3) is 5.91 Å². The lowest BCUT2D eigenvalue weighted by Gasteiger charge is -2.06. The van der Waals surface area contributed by atoms with Crippen LogP contribution in [-0.2, 0) is 0 Å². The van der Waals surface area contributed by atoms with Crippen molar-refractivity contribution in [1.29, 1.82) is 0 Å². The van der Waals surface area contributed by atoms with E-state index in [-0.39, 0.29) is 12.4 Å². The summed E-state index contributed by atoms with van der Waals surface area (Å²) in [5.41, 5.74) is 5.46. The molecular formula is C9H12ClNO3. The fraction of sp³-hybridized carbons (Fsp3) is 0.222. The predicted octanol–water partition coefficient (Wildman–Crippen LogP) is 1.22. The van der Waals surface area contributed by atoms with Crippen LogP contribution in [0.3, 0.4) is 0 Å². The zero-order valence-electron chi connectivity index (χ0n) is 7.94. The molecular weight excluding hydrogens is 206 g/mol. The van der Waals surface area contributed by atoms with E-state index in [2.05, 4.69) is 0 Å². The first-order valence-electron chi connectivity index (χ1n) is 3.71. The molecule has 0 radical (unpaired) electrons. The molecule has 0 aliphatic heterocycles. The van der Waals surface area contributed by atoms with Gasteiger partial charge < -0.3 is 15.2 Å². The lowest BCUT2D eigenvalue weighted by atomic mass is 10.2. The van der Waals surface area contributed by atoms with E-state index >= 15 is 0 Å². The highest BCUT2D eigenvalue weighted by Gasteiger charge is 2.09. The van der Waals surface area contributed by atoms with E-state index < -0.39 is 5.91 Å². The number of amides is 1. The second-order valence-electron chi connectivity index (χ2n) is 2.43. The summed E-state index contributed by atoms with van der Waals surface area (Å²) in [6, 6.07) is 4.88. The third-order valence-corrected chi connectivity index (χ3v) is 1.67. The Bertz CT molecular complexity index is 328. The van der Waals surface area contributed by atoms with Gasteiger partial charge in [-0.05, 0) is 18.2 Å². The molecule has 14 heavy (non-hydrogen) atoms. The highest BCUT2D eigenvalue weighted by atomic mass is 35.5. The number of hydrogen-bond acceptors (Lipinski definition) is 3. The number of nitrogens with two attached hydrogens (primary N) is 1. The Hall–Kier alpha value is -1.42. The van der Waals surface area contributed by atoms with Crippen molar-refractivity contribution < 1.29 is 14.3 Å². The molecule has 78 valence electrons. The van der Waals surface area contributed by atoms with Gasteiger partial charge in [0.15, 0.2) is 0 Å². The highest BCUT2D eigenvalue weighted by Crippen LogP contribution is 2.22. The van der Waals surface area contributed by atoms with E-state index in [1.807, 2.05) is 0 Å². The van der Waals surface area contributed by atoms with Gasteiger partial charge in [0.2, 0.25) is 0 Å². The fourth-order valence-electron chi connectivity index (χ4n) is 1.01. The number of carbonyl (C=O) groups is 1. The normalized spacial score (nSPS) is 8.71. The number of benzene rings is 1. The molecule has 0 fully saturated rings. The van der Waals surface area contributed by atoms with Gasteiger partial charge in [0.1, 0.15) is 11.5 Å². The highest BCUT2D eigenvalue weighted by molar-refractivity contribution is 5.96. The Morgan fingerprint density at radius 1 is 1.29 bits per heavy atom. The molecule has 2 N–H and O–H groups in total. The van der Waals surface area contributed by atoms with Crippen LogP contribution in [0, 0.1) is 0 Å². The molecule has 0 aliphatic carbocycles. The van der Waals surface area contributed by atoms with Crippen molar-refractivity contribution in [2.24, 2.45) is 5.73 Å². The number of rotatable bonds is 3. The molecule has 1 rings (SSSR count). The summed E-state index contributed by atoms with van der Waals surface area (Å²) in [5, 5.41) is 0. The molecule has 0 heterocycles. The summed E-state index contributed by atoms with van der Waals surface area (Å²) in [7, 11) is 3.00. The minimum Gasteiger partial charge on any atom is -0.497 e. The number of methoxy groups -OCH3 is 2. The van der Waals surface area contributed by atoms with E-state index in [4.69, 9.17) is 15.2 Å². The van der Waals surface area contributed by atoms with Gasteiger partial charge in [-0.3, -0.25) is 4.79 Å². The Labute approximate surface area is 88.4 Å². The standard InChI is InChI=1S/C9H11NO3.ClH/c1-12-6-3-4-8(13-2)7(5-6)9(10)11;/h3-5H,1-2H3,(H2,10,11);1H. The number of halogens is 1. The quantitative estimate of drug-likeness (QED) is 0.828. The number of carbonyl (C=O) groups excluding carboxylic acids is 1. The van der Waals surface area contributed by atoms with E-state index in [0.717, 1.165) is 0 Å². The Kier molecular flexibility index (Phi) is 4.80. The summed E-state index contributed by atoms with van der Waals surface area (Å²) >= 11 is 0. The summed E-state index contributed by atoms with van der Waals surface area (Å²) in [5.74, 6) is 0.499. The van der Waals surface area contributed by atoms with E-state index in [9.17, 15) is 4.79 Å².